The lowest BCUT2D eigenvalue weighted by Gasteiger charge is -2.34. The highest BCUT2D eigenvalue weighted by Crippen LogP contribution is 2.27. The number of hydrogen-bond donors (Lipinski definition) is 2. The van der Waals surface area contributed by atoms with E-state index in [-0.39, 0.29) is 29.8 Å². The van der Waals surface area contributed by atoms with Gasteiger partial charge in [0, 0.05) is 37.5 Å². The second kappa shape index (κ2) is 7.07. The van der Waals surface area contributed by atoms with Crippen LogP contribution in [0.2, 0.25) is 0 Å². The molecule has 3 unspecified atom stereocenters. The molecule has 0 radical (unpaired) electrons. The van der Waals surface area contributed by atoms with Gasteiger partial charge in [0.1, 0.15) is 0 Å². The lowest BCUT2D eigenvalue weighted by molar-refractivity contribution is -0.137. The quantitative estimate of drug-likeness (QED) is 0.808. The molecule has 2 rings (SSSR count). The molecule has 3 N–H and O–H groups in total. The summed E-state index contributed by atoms with van der Waals surface area (Å²) in [5.41, 5.74) is 5.89. The van der Waals surface area contributed by atoms with Crippen molar-refractivity contribution in [1.29, 1.82) is 0 Å². The lowest BCUT2D eigenvalue weighted by atomic mass is 10.0. The maximum Gasteiger partial charge on any atom is 0.225 e. The van der Waals surface area contributed by atoms with E-state index in [4.69, 9.17) is 5.73 Å². The minimum atomic E-state index is 0.106. The van der Waals surface area contributed by atoms with Gasteiger partial charge in [-0.25, -0.2) is 0 Å². The summed E-state index contributed by atoms with van der Waals surface area (Å²) in [7, 11) is 0. The minimum Gasteiger partial charge on any atom is -0.352 e. The Bertz CT molecular complexity index is 359. The van der Waals surface area contributed by atoms with Crippen LogP contribution in [0.4, 0.5) is 0 Å². The Morgan fingerprint density at radius 1 is 1.30 bits per heavy atom. The molecule has 1 aliphatic carbocycles. The van der Waals surface area contributed by atoms with Crippen molar-refractivity contribution in [1.82, 2.24) is 10.2 Å². The molecular formula is C15H27N3O2. The molecule has 2 fully saturated rings. The number of likely N-dealkylation sites (tertiary alicyclic amines) is 1. The molecule has 1 heterocycles. The van der Waals surface area contributed by atoms with E-state index >= 15 is 0 Å². The summed E-state index contributed by atoms with van der Waals surface area (Å²) in [6.45, 7) is 3.49. The van der Waals surface area contributed by atoms with E-state index in [1.54, 1.807) is 0 Å². The first-order chi connectivity index (χ1) is 9.60. The molecule has 1 saturated heterocycles. The molecule has 1 aliphatic heterocycles. The van der Waals surface area contributed by atoms with Gasteiger partial charge >= 0.3 is 0 Å². The Balaban J connectivity index is 1.83. The van der Waals surface area contributed by atoms with Crippen LogP contribution in [0.15, 0.2) is 0 Å². The first-order valence-corrected chi connectivity index (χ1v) is 7.94. The molecule has 114 valence electrons. The van der Waals surface area contributed by atoms with Gasteiger partial charge in [0.05, 0.1) is 0 Å². The zero-order valence-corrected chi connectivity index (χ0v) is 12.4. The van der Waals surface area contributed by atoms with Gasteiger partial charge < -0.3 is 16.0 Å². The van der Waals surface area contributed by atoms with E-state index in [0.29, 0.717) is 13.0 Å². The summed E-state index contributed by atoms with van der Waals surface area (Å²) < 4.78 is 0. The number of piperidine rings is 1. The van der Waals surface area contributed by atoms with E-state index in [2.05, 4.69) is 5.32 Å². The van der Waals surface area contributed by atoms with Gasteiger partial charge in [-0.2, -0.15) is 0 Å². The van der Waals surface area contributed by atoms with Crippen molar-refractivity contribution in [3.8, 4) is 0 Å². The van der Waals surface area contributed by atoms with Gasteiger partial charge in [-0.3, -0.25) is 9.59 Å². The highest BCUT2D eigenvalue weighted by molar-refractivity contribution is 5.80. The maximum atomic E-state index is 12.5. The molecule has 5 nitrogen and oxygen atoms in total. The smallest absolute Gasteiger partial charge is 0.225 e. The zero-order valence-electron chi connectivity index (χ0n) is 12.4. The van der Waals surface area contributed by atoms with Crippen LogP contribution in [0.5, 0.6) is 0 Å². The fourth-order valence-electron chi connectivity index (χ4n) is 3.32. The van der Waals surface area contributed by atoms with Crippen LogP contribution >= 0.6 is 0 Å². The summed E-state index contributed by atoms with van der Waals surface area (Å²) in [4.78, 5) is 26.1. The molecule has 1 saturated carbocycles. The van der Waals surface area contributed by atoms with E-state index < -0.39 is 0 Å². The Morgan fingerprint density at radius 3 is 2.75 bits per heavy atom. The number of carbonyl (C=O) groups is 2. The number of nitrogens with one attached hydrogen (secondary N) is 1. The standard InChI is InChI=1S/C15H27N3O2/c1-2-4-14(19)17-13-5-3-8-18(10-13)15(20)11-6-7-12(16)9-11/h11-13H,2-10,16H2,1H3,(H,17,19). The SMILES string of the molecule is CCCC(=O)NC1CCCN(C(=O)C2CCC(N)C2)C1. The molecule has 3 atom stereocenters. The molecule has 0 aromatic rings. The highest BCUT2D eigenvalue weighted by atomic mass is 16.2. The average molecular weight is 281 g/mol. The van der Waals surface area contributed by atoms with Crippen molar-refractivity contribution in [3.63, 3.8) is 0 Å². The van der Waals surface area contributed by atoms with Crippen LogP contribution in [-0.4, -0.2) is 41.9 Å². The largest absolute Gasteiger partial charge is 0.352 e. The molecule has 2 aliphatic rings. The Morgan fingerprint density at radius 2 is 2.10 bits per heavy atom. The third-order valence-electron chi connectivity index (χ3n) is 4.40. The van der Waals surface area contributed by atoms with Crippen LogP contribution in [0.3, 0.4) is 0 Å². The third-order valence-corrected chi connectivity index (χ3v) is 4.40. The predicted octanol–water partition coefficient (Wildman–Crippen LogP) is 1.02. The van der Waals surface area contributed by atoms with Gasteiger partial charge in [-0.05, 0) is 38.5 Å². The van der Waals surface area contributed by atoms with Crippen LogP contribution in [0.25, 0.3) is 0 Å². The molecular weight excluding hydrogens is 254 g/mol. The van der Waals surface area contributed by atoms with E-state index in [0.717, 1.165) is 45.1 Å². The number of rotatable bonds is 4. The Kier molecular flexibility index (Phi) is 5.40. The van der Waals surface area contributed by atoms with E-state index in [9.17, 15) is 9.59 Å². The van der Waals surface area contributed by atoms with Crippen molar-refractivity contribution >= 4 is 11.8 Å². The number of hydrogen-bond acceptors (Lipinski definition) is 3. The molecule has 2 amide bonds. The van der Waals surface area contributed by atoms with Crippen LogP contribution < -0.4 is 11.1 Å². The lowest BCUT2D eigenvalue weighted by Crippen LogP contribution is -2.50. The Labute approximate surface area is 121 Å². The predicted molar refractivity (Wildman–Crippen MR) is 78.0 cm³/mol. The molecule has 5 heteroatoms. The molecule has 0 bridgehead atoms. The summed E-state index contributed by atoms with van der Waals surface area (Å²) in [6.07, 6.45) is 6.08. The van der Waals surface area contributed by atoms with Gasteiger partial charge in [0.25, 0.3) is 0 Å². The summed E-state index contributed by atoms with van der Waals surface area (Å²) in [5, 5.41) is 3.05. The van der Waals surface area contributed by atoms with Crippen LogP contribution in [0.1, 0.15) is 51.9 Å². The number of nitrogens with two attached hydrogens (primary N) is 1. The topological polar surface area (TPSA) is 75.4 Å². The normalized spacial score (nSPS) is 30.3. The van der Waals surface area contributed by atoms with Gasteiger partial charge in [0.2, 0.25) is 11.8 Å². The first kappa shape index (κ1) is 15.3. The van der Waals surface area contributed by atoms with E-state index in [1.165, 1.54) is 0 Å². The fourth-order valence-corrected chi connectivity index (χ4v) is 3.32. The van der Waals surface area contributed by atoms with Crippen molar-refractivity contribution in [2.75, 3.05) is 13.1 Å². The summed E-state index contributed by atoms with van der Waals surface area (Å²) in [5.74, 6) is 0.456. The fraction of sp³-hybridized carbons (Fsp3) is 0.867. The summed E-state index contributed by atoms with van der Waals surface area (Å²) >= 11 is 0. The third kappa shape index (κ3) is 3.95. The summed E-state index contributed by atoms with van der Waals surface area (Å²) in [6, 6.07) is 0.315. The molecule has 0 spiro atoms. The van der Waals surface area contributed by atoms with Crippen molar-refractivity contribution in [3.05, 3.63) is 0 Å². The molecule has 20 heavy (non-hydrogen) atoms. The molecule has 0 aromatic carbocycles. The van der Waals surface area contributed by atoms with Crippen molar-refractivity contribution in [2.24, 2.45) is 11.7 Å². The van der Waals surface area contributed by atoms with Gasteiger partial charge in [-0.1, -0.05) is 6.92 Å². The van der Waals surface area contributed by atoms with Crippen molar-refractivity contribution in [2.45, 2.75) is 64.0 Å². The van der Waals surface area contributed by atoms with Crippen LogP contribution in [0, 0.1) is 5.92 Å². The van der Waals surface area contributed by atoms with E-state index in [1.807, 2.05) is 11.8 Å². The van der Waals surface area contributed by atoms with Gasteiger partial charge in [-0.15, -0.1) is 0 Å². The highest BCUT2D eigenvalue weighted by Gasteiger charge is 2.33. The molecule has 0 aromatic heterocycles. The van der Waals surface area contributed by atoms with Gasteiger partial charge in [0.15, 0.2) is 0 Å². The minimum absolute atomic E-state index is 0.106. The van der Waals surface area contributed by atoms with Crippen LogP contribution in [-0.2, 0) is 9.59 Å². The first-order valence-electron chi connectivity index (χ1n) is 7.94. The number of nitrogens with zero attached hydrogens (tertiary/aromatic N) is 1. The second-order valence-corrected chi connectivity index (χ2v) is 6.21. The number of carbonyl (C=O) groups excluding carboxylic acids is 2. The zero-order chi connectivity index (χ0) is 14.5. The monoisotopic (exact) mass is 281 g/mol. The van der Waals surface area contributed by atoms with Crippen molar-refractivity contribution < 1.29 is 9.59 Å². The number of amides is 2. The Hall–Kier alpha value is -1.10. The maximum absolute atomic E-state index is 12.5. The second-order valence-electron chi connectivity index (χ2n) is 6.21. The average Bonchev–Trinajstić information content (AvgIpc) is 2.85.